The first-order chi connectivity index (χ1) is 7.84. The van der Waals surface area contributed by atoms with Crippen LogP contribution in [0.25, 0.3) is 11.0 Å². The zero-order valence-electron chi connectivity index (χ0n) is 9.40. The van der Waals surface area contributed by atoms with Gasteiger partial charge in [0.05, 0.1) is 17.4 Å². The van der Waals surface area contributed by atoms with Gasteiger partial charge in [0.2, 0.25) is 0 Å². The van der Waals surface area contributed by atoms with E-state index >= 15 is 0 Å². The largest absolute Gasteiger partial charge is 0.345 e. The molecule has 1 unspecified atom stereocenters. The Labute approximate surface area is 94.7 Å². The minimum atomic E-state index is 0.467. The summed E-state index contributed by atoms with van der Waals surface area (Å²) in [6.07, 6.45) is 1.75. The normalized spacial score (nSPS) is 22.7. The van der Waals surface area contributed by atoms with Crippen molar-refractivity contribution >= 4 is 11.0 Å². The number of benzene rings is 1. The molecule has 0 radical (unpaired) electrons. The van der Waals surface area contributed by atoms with E-state index in [0.717, 1.165) is 30.7 Å². The van der Waals surface area contributed by atoms with Crippen molar-refractivity contribution in [3.8, 4) is 0 Å². The first-order valence-electron chi connectivity index (χ1n) is 5.68. The van der Waals surface area contributed by atoms with Crippen LogP contribution in [0.3, 0.4) is 0 Å². The van der Waals surface area contributed by atoms with Crippen molar-refractivity contribution in [3.05, 3.63) is 30.1 Å². The van der Waals surface area contributed by atoms with Gasteiger partial charge in [0, 0.05) is 25.7 Å². The predicted molar refractivity (Wildman–Crippen MR) is 64.3 cm³/mol. The highest BCUT2D eigenvalue weighted by molar-refractivity contribution is 5.75. The van der Waals surface area contributed by atoms with Crippen LogP contribution >= 0.6 is 0 Å². The summed E-state index contributed by atoms with van der Waals surface area (Å²) in [6, 6.07) is 6.95. The van der Waals surface area contributed by atoms with Crippen molar-refractivity contribution in [2.45, 2.75) is 6.04 Å². The van der Waals surface area contributed by atoms with E-state index < -0.39 is 0 Å². The third kappa shape index (κ3) is 1.60. The average Bonchev–Trinajstić information content (AvgIpc) is 2.76. The number of rotatable bonds is 1. The van der Waals surface area contributed by atoms with E-state index in [4.69, 9.17) is 0 Å². The average molecular weight is 216 g/mol. The maximum absolute atomic E-state index is 4.30. The molecule has 1 aliphatic rings. The standard InChI is InChI=1S/C12H16N4/c1-16-5-4-13-7-12(16)9-2-3-10-11(6-9)15-8-14-10/h2-3,6,8,12-13H,4-5,7H2,1H3,(H,14,15). The molecule has 2 aromatic rings. The molecule has 4 heteroatoms. The van der Waals surface area contributed by atoms with Crippen molar-refractivity contribution in [2.24, 2.45) is 0 Å². The smallest absolute Gasteiger partial charge is 0.0931 e. The van der Waals surface area contributed by atoms with Crippen molar-refractivity contribution in [2.75, 3.05) is 26.7 Å². The topological polar surface area (TPSA) is 44.0 Å². The van der Waals surface area contributed by atoms with Gasteiger partial charge in [-0.15, -0.1) is 0 Å². The second-order valence-electron chi connectivity index (χ2n) is 4.38. The summed E-state index contributed by atoms with van der Waals surface area (Å²) in [5.74, 6) is 0. The summed E-state index contributed by atoms with van der Waals surface area (Å²) in [7, 11) is 2.18. The number of H-pyrrole nitrogens is 1. The Morgan fingerprint density at radius 2 is 2.38 bits per heavy atom. The van der Waals surface area contributed by atoms with Crippen molar-refractivity contribution in [3.63, 3.8) is 0 Å². The number of likely N-dealkylation sites (N-methyl/N-ethyl adjacent to an activating group) is 1. The van der Waals surface area contributed by atoms with E-state index in [1.807, 2.05) is 0 Å². The summed E-state index contributed by atoms with van der Waals surface area (Å²) in [6.45, 7) is 3.20. The van der Waals surface area contributed by atoms with Crippen LogP contribution in [0.2, 0.25) is 0 Å². The second-order valence-corrected chi connectivity index (χ2v) is 4.38. The summed E-state index contributed by atoms with van der Waals surface area (Å²) >= 11 is 0. The number of aromatic amines is 1. The summed E-state index contributed by atoms with van der Waals surface area (Å²) < 4.78 is 0. The minimum absolute atomic E-state index is 0.467. The molecule has 0 spiro atoms. The summed E-state index contributed by atoms with van der Waals surface area (Å²) in [5, 5.41) is 3.44. The van der Waals surface area contributed by atoms with Crippen LogP contribution in [0, 0.1) is 0 Å². The van der Waals surface area contributed by atoms with Crippen LogP contribution in [0.15, 0.2) is 24.5 Å². The SMILES string of the molecule is CN1CCNCC1c1ccc2[nH]cnc2c1. The number of nitrogens with zero attached hydrogens (tertiary/aromatic N) is 2. The predicted octanol–water partition coefficient (Wildman–Crippen LogP) is 1.14. The summed E-state index contributed by atoms with van der Waals surface area (Å²) in [5.41, 5.74) is 3.50. The first-order valence-corrected chi connectivity index (χ1v) is 5.68. The van der Waals surface area contributed by atoms with Crippen molar-refractivity contribution in [1.29, 1.82) is 0 Å². The molecule has 1 aliphatic heterocycles. The molecule has 16 heavy (non-hydrogen) atoms. The molecule has 0 amide bonds. The molecule has 1 atom stereocenters. The number of hydrogen-bond donors (Lipinski definition) is 2. The van der Waals surface area contributed by atoms with Crippen molar-refractivity contribution < 1.29 is 0 Å². The summed E-state index contributed by atoms with van der Waals surface area (Å²) in [4.78, 5) is 9.82. The molecule has 3 rings (SSSR count). The highest BCUT2D eigenvalue weighted by atomic mass is 15.2. The van der Waals surface area contributed by atoms with E-state index in [1.54, 1.807) is 6.33 Å². The lowest BCUT2D eigenvalue weighted by molar-refractivity contribution is 0.202. The lowest BCUT2D eigenvalue weighted by atomic mass is 10.0. The van der Waals surface area contributed by atoms with E-state index in [0.29, 0.717) is 6.04 Å². The number of imidazole rings is 1. The molecule has 0 aliphatic carbocycles. The van der Waals surface area contributed by atoms with Gasteiger partial charge < -0.3 is 10.3 Å². The quantitative estimate of drug-likeness (QED) is 0.751. The van der Waals surface area contributed by atoms with Crippen molar-refractivity contribution in [1.82, 2.24) is 20.2 Å². The zero-order chi connectivity index (χ0) is 11.0. The Hall–Kier alpha value is -1.39. The number of aromatic nitrogens is 2. The Balaban J connectivity index is 1.97. The van der Waals surface area contributed by atoms with Crippen LogP contribution in [-0.4, -0.2) is 41.5 Å². The van der Waals surface area contributed by atoms with Gasteiger partial charge in [-0.2, -0.15) is 0 Å². The maximum atomic E-state index is 4.30. The Morgan fingerprint density at radius 1 is 1.44 bits per heavy atom. The van der Waals surface area contributed by atoms with Crippen LogP contribution in [0.1, 0.15) is 11.6 Å². The number of fused-ring (bicyclic) bond motifs is 1. The van der Waals surface area contributed by atoms with Crippen LogP contribution in [0.4, 0.5) is 0 Å². The lowest BCUT2D eigenvalue weighted by Crippen LogP contribution is -2.43. The van der Waals surface area contributed by atoms with Gasteiger partial charge in [0.25, 0.3) is 0 Å². The van der Waals surface area contributed by atoms with Crippen LogP contribution in [-0.2, 0) is 0 Å². The molecule has 2 N–H and O–H groups in total. The second kappa shape index (κ2) is 3.88. The van der Waals surface area contributed by atoms with Gasteiger partial charge in [-0.3, -0.25) is 4.90 Å². The third-order valence-electron chi connectivity index (χ3n) is 3.34. The van der Waals surface area contributed by atoms with Gasteiger partial charge >= 0.3 is 0 Å². The van der Waals surface area contributed by atoms with Gasteiger partial charge in [-0.25, -0.2) is 4.98 Å². The zero-order valence-corrected chi connectivity index (χ0v) is 9.40. The van der Waals surface area contributed by atoms with Crippen LogP contribution < -0.4 is 5.32 Å². The number of nitrogens with one attached hydrogen (secondary N) is 2. The molecule has 1 aromatic heterocycles. The third-order valence-corrected chi connectivity index (χ3v) is 3.34. The highest BCUT2D eigenvalue weighted by Gasteiger charge is 2.20. The highest BCUT2D eigenvalue weighted by Crippen LogP contribution is 2.23. The Kier molecular flexibility index (Phi) is 2.38. The van der Waals surface area contributed by atoms with Gasteiger partial charge in [0.1, 0.15) is 0 Å². The lowest BCUT2D eigenvalue weighted by Gasteiger charge is -2.33. The molecule has 0 bridgehead atoms. The number of hydrogen-bond acceptors (Lipinski definition) is 3. The molecule has 1 fully saturated rings. The van der Waals surface area contributed by atoms with Gasteiger partial charge in [-0.1, -0.05) is 6.07 Å². The fourth-order valence-corrected chi connectivity index (χ4v) is 2.33. The van der Waals surface area contributed by atoms with Crippen LogP contribution in [0.5, 0.6) is 0 Å². The molecular formula is C12H16N4. The molecule has 0 saturated carbocycles. The fourth-order valence-electron chi connectivity index (χ4n) is 2.33. The first kappa shape index (κ1) is 9.81. The van der Waals surface area contributed by atoms with E-state index in [-0.39, 0.29) is 0 Å². The molecule has 1 aromatic carbocycles. The molecule has 1 saturated heterocycles. The number of piperazine rings is 1. The molecule has 2 heterocycles. The van der Waals surface area contributed by atoms with E-state index in [9.17, 15) is 0 Å². The van der Waals surface area contributed by atoms with E-state index in [1.165, 1.54) is 5.56 Å². The van der Waals surface area contributed by atoms with E-state index in [2.05, 4.69) is 45.4 Å². The Morgan fingerprint density at radius 3 is 3.25 bits per heavy atom. The fraction of sp³-hybridized carbons (Fsp3) is 0.417. The molecule has 84 valence electrons. The monoisotopic (exact) mass is 216 g/mol. The minimum Gasteiger partial charge on any atom is -0.345 e. The van der Waals surface area contributed by atoms with Gasteiger partial charge in [0.15, 0.2) is 0 Å². The van der Waals surface area contributed by atoms with Gasteiger partial charge in [-0.05, 0) is 24.7 Å². The Bertz CT molecular complexity index is 490. The maximum Gasteiger partial charge on any atom is 0.0931 e. The molecule has 4 nitrogen and oxygen atoms in total. The molecular weight excluding hydrogens is 200 g/mol.